The zero-order chi connectivity index (χ0) is 17.2. The smallest absolute Gasteiger partial charge is 0.321 e. The van der Waals surface area contributed by atoms with Gasteiger partial charge in [-0.1, -0.05) is 35.6 Å². The first-order valence-electron chi connectivity index (χ1n) is 8.12. The summed E-state index contributed by atoms with van der Waals surface area (Å²) in [5, 5.41) is 3.71. The van der Waals surface area contributed by atoms with Gasteiger partial charge in [-0.25, -0.2) is 14.2 Å². The molecule has 128 valence electrons. The Morgan fingerprint density at radius 3 is 2.52 bits per heavy atom. The number of aromatic nitrogens is 1. The van der Waals surface area contributed by atoms with Crippen molar-refractivity contribution in [2.75, 3.05) is 36.4 Å². The molecule has 0 spiro atoms. The van der Waals surface area contributed by atoms with Crippen molar-refractivity contribution >= 4 is 38.4 Å². The summed E-state index contributed by atoms with van der Waals surface area (Å²) in [5.41, 5.74) is 1.21. The van der Waals surface area contributed by atoms with Crippen LogP contribution in [0.4, 0.5) is 20.0 Å². The molecule has 2 amide bonds. The second-order valence-electron chi connectivity index (χ2n) is 5.85. The molecule has 5 nitrogen and oxygen atoms in total. The molecule has 1 saturated heterocycles. The summed E-state index contributed by atoms with van der Waals surface area (Å²) in [7, 11) is 0. The summed E-state index contributed by atoms with van der Waals surface area (Å²) in [6.45, 7) is 2.58. The van der Waals surface area contributed by atoms with Crippen LogP contribution in [0.15, 0.2) is 48.5 Å². The van der Waals surface area contributed by atoms with Gasteiger partial charge >= 0.3 is 6.03 Å². The number of thiazole rings is 1. The zero-order valence-electron chi connectivity index (χ0n) is 13.5. The molecule has 0 unspecified atom stereocenters. The van der Waals surface area contributed by atoms with Crippen molar-refractivity contribution < 1.29 is 9.18 Å². The number of para-hydroxylation sites is 2. The van der Waals surface area contributed by atoms with Gasteiger partial charge in [0.15, 0.2) is 5.13 Å². The molecule has 0 aliphatic carbocycles. The third-order valence-corrected chi connectivity index (χ3v) is 5.30. The highest BCUT2D eigenvalue weighted by molar-refractivity contribution is 7.22. The fourth-order valence-electron chi connectivity index (χ4n) is 2.86. The second-order valence-corrected chi connectivity index (χ2v) is 6.86. The summed E-state index contributed by atoms with van der Waals surface area (Å²) in [5.74, 6) is -0.291. The normalized spacial score (nSPS) is 14.8. The maximum atomic E-state index is 13.8. The quantitative estimate of drug-likeness (QED) is 0.760. The Hall–Kier alpha value is -2.67. The number of nitrogens with one attached hydrogen (secondary N) is 1. The third kappa shape index (κ3) is 3.28. The summed E-state index contributed by atoms with van der Waals surface area (Å²) >= 11 is 1.49. The van der Waals surface area contributed by atoms with E-state index in [-0.39, 0.29) is 11.8 Å². The van der Waals surface area contributed by atoms with E-state index >= 15 is 0 Å². The van der Waals surface area contributed by atoms with Crippen molar-refractivity contribution in [3.8, 4) is 0 Å². The van der Waals surface area contributed by atoms with Gasteiger partial charge in [-0.05, 0) is 24.3 Å². The molecule has 0 bridgehead atoms. The molecular formula is C18H17FN4OS. The maximum absolute atomic E-state index is 13.8. The SMILES string of the molecule is O=C(Nc1ccccc1)N1CCN(c2nc3c(F)cccc3s2)CC1. The predicted molar refractivity (Wildman–Crippen MR) is 98.8 cm³/mol. The van der Waals surface area contributed by atoms with E-state index in [2.05, 4.69) is 15.2 Å². The summed E-state index contributed by atoms with van der Waals surface area (Å²) in [6, 6.07) is 14.3. The maximum Gasteiger partial charge on any atom is 0.321 e. The van der Waals surface area contributed by atoms with E-state index in [1.165, 1.54) is 17.4 Å². The molecule has 2 heterocycles. The molecule has 1 aliphatic rings. The van der Waals surface area contributed by atoms with Gasteiger partial charge in [0, 0.05) is 31.9 Å². The lowest BCUT2D eigenvalue weighted by molar-refractivity contribution is 0.208. The molecule has 0 radical (unpaired) electrons. The Bertz CT molecular complexity index is 890. The number of nitrogens with zero attached hydrogens (tertiary/aromatic N) is 3. The van der Waals surface area contributed by atoms with Crippen molar-refractivity contribution in [1.82, 2.24) is 9.88 Å². The van der Waals surface area contributed by atoms with E-state index in [1.807, 2.05) is 36.4 Å². The Morgan fingerprint density at radius 1 is 1.04 bits per heavy atom. The second kappa shape index (κ2) is 6.68. The number of hydrogen-bond acceptors (Lipinski definition) is 4. The first kappa shape index (κ1) is 15.8. The van der Waals surface area contributed by atoms with Crippen LogP contribution in [0.3, 0.4) is 0 Å². The van der Waals surface area contributed by atoms with Crippen molar-refractivity contribution in [2.24, 2.45) is 0 Å². The number of carbonyl (C=O) groups excluding carboxylic acids is 1. The number of amides is 2. The summed E-state index contributed by atoms with van der Waals surface area (Å²) in [6.07, 6.45) is 0. The van der Waals surface area contributed by atoms with Crippen molar-refractivity contribution in [1.29, 1.82) is 0 Å². The van der Waals surface area contributed by atoms with Gasteiger partial charge in [0.25, 0.3) is 0 Å². The predicted octanol–water partition coefficient (Wildman–Crippen LogP) is 3.79. The molecule has 2 aromatic carbocycles. The number of anilines is 2. The fourth-order valence-corrected chi connectivity index (χ4v) is 3.90. The van der Waals surface area contributed by atoms with E-state index in [4.69, 9.17) is 0 Å². The highest BCUT2D eigenvalue weighted by Crippen LogP contribution is 2.30. The minimum Gasteiger partial charge on any atom is -0.345 e. The highest BCUT2D eigenvalue weighted by Gasteiger charge is 2.23. The van der Waals surface area contributed by atoms with Crippen LogP contribution >= 0.6 is 11.3 Å². The molecule has 25 heavy (non-hydrogen) atoms. The Morgan fingerprint density at radius 2 is 1.80 bits per heavy atom. The van der Waals surface area contributed by atoms with Gasteiger partial charge in [-0.2, -0.15) is 0 Å². The number of piperazine rings is 1. The van der Waals surface area contributed by atoms with Crippen molar-refractivity contribution in [3.63, 3.8) is 0 Å². The fraction of sp³-hybridized carbons (Fsp3) is 0.222. The Labute approximate surface area is 148 Å². The minimum absolute atomic E-state index is 0.0961. The van der Waals surface area contributed by atoms with E-state index in [0.717, 1.165) is 15.5 Å². The van der Waals surface area contributed by atoms with Gasteiger partial charge in [0.05, 0.1) is 4.70 Å². The molecule has 0 atom stereocenters. The Balaban J connectivity index is 1.40. The lowest BCUT2D eigenvalue weighted by Crippen LogP contribution is -2.50. The first-order chi connectivity index (χ1) is 12.2. The monoisotopic (exact) mass is 356 g/mol. The van der Waals surface area contributed by atoms with Gasteiger partial charge < -0.3 is 15.1 Å². The van der Waals surface area contributed by atoms with Crippen LogP contribution in [0.2, 0.25) is 0 Å². The van der Waals surface area contributed by atoms with Gasteiger partial charge in [-0.3, -0.25) is 0 Å². The third-order valence-electron chi connectivity index (χ3n) is 4.22. The lowest BCUT2D eigenvalue weighted by Gasteiger charge is -2.34. The van der Waals surface area contributed by atoms with E-state index in [1.54, 1.807) is 11.0 Å². The molecule has 0 saturated carbocycles. The molecule has 7 heteroatoms. The molecule has 1 aromatic heterocycles. The number of carbonyl (C=O) groups is 1. The van der Waals surface area contributed by atoms with Crippen LogP contribution in [0.25, 0.3) is 10.2 Å². The standard InChI is InChI=1S/C18H17FN4OS/c19-14-7-4-8-15-16(14)21-18(25-15)23-11-9-22(10-12-23)17(24)20-13-5-2-1-3-6-13/h1-8H,9-12H2,(H,20,24). The van der Waals surface area contributed by atoms with Crippen LogP contribution in [0, 0.1) is 5.82 Å². The van der Waals surface area contributed by atoms with Crippen LogP contribution in [0.1, 0.15) is 0 Å². The molecule has 1 N–H and O–H groups in total. The zero-order valence-corrected chi connectivity index (χ0v) is 14.3. The molecule has 1 aliphatic heterocycles. The molecule has 1 fully saturated rings. The summed E-state index contributed by atoms with van der Waals surface area (Å²) in [4.78, 5) is 20.7. The van der Waals surface area contributed by atoms with Gasteiger partial charge in [0.1, 0.15) is 11.3 Å². The van der Waals surface area contributed by atoms with Crippen molar-refractivity contribution in [2.45, 2.75) is 0 Å². The van der Waals surface area contributed by atoms with E-state index < -0.39 is 0 Å². The lowest BCUT2D eigenvalue weighted by atomic mass is 10.3. The van der Waals surface area contributed by atoms with Crippen LogP contribution < -0.4 is 10.2 Å². The first-order valence-corrected chi connectivity index (χ1v) is 8.93. The number of rotatable bonds is 2. The summed E-state index contributed by atoms with van der Waals surface area (Å²) < 4.78 is 14.7. The van der Waals surface area contributed by atoms with Gasteiger partial charge in [-0.15, -0.1) is 0 Å². The van der Waals surface area contributed by atoms with Crippen molar-refractivity contribution in [3.05, 3.63) is 54.3 Å². The van der Waals surface area contributed by atoms with Crippen LogP contribution in [-0.4, -0.2) is 42.1 Å². The molecule has 3 aromatic rings. The molecule has 4 rings (SSSR count). The minimum atomic E-state index is -0.291. The van der Waals surface area contributed by atoms with Gasteiger partial charge in [0.2, 0.25) is 0 Å². The number of urea groups is 1. The number of halogens is 1. The average molecular weight is 356 g/mol. The largest absolute Gasteiger partial charge is 0.345 e. The molecular weight excluding hydrogens is 339 g/mol. The topological polar surface area (TPSA) is 48.5 Å². The highest BCUT2D eigenvalue weighted by atomic mass is 32.1. The Kier molecular flexibility index (Phi) is 4.23. The average Bonchev–Trinajstić information content (AvgIpc) is 3.08. The van der Waals surface area contributed by atoms with E-state index in [0.29, 0.717) is 31.7 Å². The van der Waals surface area contributed by atoms with E-state index in [9.17, 15) is 9.18 Å². The van der Waals surface area contributed by atoms with Crippen LogP contribution in [0.5, 0.6) is 0 Å². The number of benzene rings is 2. The number of fused-ring (bicyclic) bond motifs is 1. The van der Waals surface area contributed by atoms with Crippen LogP contribution in [-0.2, 0) is 0 Å². The number of hydrogen-bond donors (Lipinski definition) is 1.